The van der Waals surface area contributed by atoms with Crippen LogP contribution in [0.3, 0.4) is 0 Å². The van der Waals surface area contributed by atoms with Crippen LogP contribution in [0.4, 0.5) is 0 Å². The summed E-state index contributed by atoms with van der Waals surface area (Å²) in [5.74, 6) is -0.576. The molecular weight excluding hydrogens is 308 g/mol. The van der Waals surface area contributed by atoms with Crippen LogP contribution in [0.15, 0.2) is 0 Å². The fourth-order valence-electron chi connectivity index (χ4n) is 3.61. The first-order chi connectivity index (χ1) is 10.3. The van der Waals surface area contributed by atoms with Crippen molar-refractivity contribution in [2.75, 3.05) is 7.11 Å². The number of hydrogen-bond acceptors (Lipinski definition) is 5. The zero-order valence-corrected chi connectivity index (χ0v) is 13.4. The second-order valence-corrected chi connectivity index (χ2v) is 6.65. The molecule has 0 aromatic heterocycles. The van der Waals surface area contributed by atoms with E-state index in [-0.39, 0.29) is 23.0 Å². The number of ether oxygens (including phenoxy) is 2. The van der Waals surface area contributed by atoms with Crippen LogP contribution in [0.1, 0.15) is 53.6 Å². The Hall–Kier alpha value is -1.75. The number of esters is 1. The Morgan fingerprint density at radius 1 is 1.50 bits per heavy atom. The average molecular weight is 325 g/mol. The van der Waals surface area contributed by atoms with E-state index in [0.717, 1.165) is 0 Å². The van der Waals surface area contributed by atoms with Gasteiger partial charge in [0.1, 0.15) is 28.4 Å². The monoisotopic (exact) mass is 324 g/mol. The van der Waals surface area contributed by atoms with Crippen molar-refractivity contribution >= 4 is 23.4 Å². The lowest BCUT2D eigenvalue weighted by Gasteiger charge is -2.44. The van der Waals surface area contributed by atoms with Crippen LogP contribution in [0.2, 0.25) is 5.02 Å². The normalized spacial score (nSPS) is 26.2. The maximum absolute atomic E-state index is 11.9. The van der Waals surface area contributed by atoms with Crippen molar-refractivity contribution in [1.29, 1.82) is 0 Å². The van der Waals surface area contributed by atoms with Crippen LogP contribution in [0.25, 0.3) is 0 Å². The lowest BCUT2D eigenvalue weighted by atomic mass is 9.72. The molecule has 0 spiro atoms. The predicted octanol–water partition coefficient (Wildman–Crippen LogP) is 3.13. The van der Waals surface area contributed by atoms with Gasteiger partial charge < -0.3 is 14.6 Å². The number of aromatic hydroxyl groups is 1. The van der Waals surface area contributed by atoms with Gasteiger partial charge in [-0.15, -0.1) is 0 Å². The molecule has 5 nitrogen and oxygen atoms in total. The van der Waals surface area contributed by atoms with E-state index in [9.17, 15) is 14.7 Å². The van der Waals surface area contributed by atoms with Crippen LogP contribution in [-0.4, -0.2) is 29.6 Å². The summed E-state index contributed by atoms with van der Waals surface area (Å²) in [6.07, 6.45) is 1.26. The van der Waals surface area contributed by atoms with Gasteiger partial charge in [-0.2, -0.15) is 0 Å². The predicted molar refractivity (Wildman–Crippen MR) is 79.8 cm³/mol. The highest BCUT2D eigenvalue weighted by Crippen LogP contribution is 2.55. The molecule has 22 heavy (non-hydrogen) atoms. The molecule has 1 heterocycles. The minimum Gasteiger partial charge on any atom is -0.507 e. The molecule has 3 rings (SSSR count). The number of carbonyl (C=O) groups excluding carboxylic acids is 2. The van der Waals surface area contributed by atoms with Gasteiger partial charge in [-0.3, -0.25) is 4.79 Å². The van der Waals surface area contributed by atoms with E-state index < -0.39 is 11.6 Å². The maximum Gasteiger partial charge on any atom is 0.341 e. The lowest BCUT2D eigenvalue weighted by molar-refractivity contribution is -0.127. The fourth-order valence-corrected chi connectivity index (χ4v) is 3.84. The number of methoxy groups -OCH3 is 1. The van der Waals surface area contributed by atoms with E-state index >= 15 is 0 Å². The number of hydrogen-bond donors (Lipinski definition) is 1. The van der Waals surface area contributed by atoms with Crippen molar-refractivity contribution in [1.82, 2.24) is 0 Å². The van der Waals surface area contributed by atoms with E-state index in [4.69, 9.17) is 21.1 Å². The van der Waals surface area contributed by atoms with Crippen LogP contribution >= 0.6 is 11.6 Å². The highest BCUT2D eigenvalue weighted by molar-refractivity contribution is 6.33. The van der Waals surface area contributed by atoms with Crippen LogP contribution in [0.5, 0.6) is 11.5 Å². The van der Waals surface area contributed by atoms with Crippen molar-refractivity contribution in [2.45, 2.75) is 44.6 Å². The Bertz CT molecular complexity index is 697. The molecule has 2 bridgehead atoms. The largest absolute Gasteiger partial charge is 0.507 e. The summed E-state index contributed by atoms with van der Waals surface area (Å²) >= 11 is 6.37. The number of phenolic OH excluding ortho intramolecular Hbond substituents is 1. The van der Waals surface area contributed by atoms with Gasteiger partial charge in [0, 0.05) is 24.3 Å². The van der Waals surface area contributed by atoms with Crippen molar-refractivity contribution in [3.05, 3.63) is 21.7 Å². The third-order valence-electron chi connectivity index (χ3n) is 4.51. The van der Waals surface area contributed by atoms with Gasteiger partial charge in [0.05, 0.1) is 12.1 Å². The lowest BCUT2D eigenvalue weighted by Crippen LogP contribution is -2.44. The standard InChI is InChI=1S/C16H17ClO5/c1-7-10(15(20)21-3)13(19)11-8-4-9(18)6-16(2,5-8)22-14(11)12(7)17/h8,19H,4-6H2,1-3H3/t8-,16-/m1/s1. The second kappa shape index (κ2) is 4.88. The van der Waals surface area contributed by atoms with E-state index in [0.29, 0.717) is 41.2 Å². The third kappa shape index (κ3) is 2.07. The zero-order chi connectivity index (χ0) is 16.2. The Morgan fingerprint density at radius 2 is 2.18 bits per heavy atom. The summed E-state index contributed by atoms with van der Waals surface area (Å²) < 4.78 is 10.7. The number of Topliss-reactive ketones (excluding diaryl/α,β-unsaturated/α-hetero) is 1. The molecule has 1 fully saturated rings. The van der Waals surface area contributed by atoms with Crippen LogP contribution in [-0.2, 0) is 9.53 Å². The van der Waals surface area contributed by atoms with Crippen LogP contribution < -0.4 is 4.74 Å². The first kappa shape index (κ1) is 15.2. The van der Waals surface area contributed by atoms with Crippen LogP contribution in [0, 0.1) is 6.92 Å². The zero-order valence-electron chi connectivity index (χ0n) is 12.7. The molecule has 6 heteroatoms. The number of fused-ring (bicyclic) bond motifs is 4. The van der Waals surface area contributed by atoms with Crippen molar-refractivity contribution in [3.8, 4) is 11.5 Å². The second-order valence-electron chi connectivity index (χ2n) is 6.27. The third-order valence-corrected chi connectivity index (χ3v) is 4.96. The Morgan fingerprint density at radius 3 is 2.82 bits per heavy atom. The Balaban J connectivity index is 2.27. The molecule has 0 unspecified atom stereocenters. The van der Waals surface area contributed by atoms with E-state index in [1.54, 1.807) is 6.92 Å². The fraction of sp³-hybridized carbons (Fsp3) is 0.500. The molecule has 118 valence electrons. The number of ketones is 1. The first-order valence-corrected chi connectivity index (χ1v) is 7.49. The molecule has 1 aliphatic heterocycles. The highest BCUT2D eigenvalue weighted by Gasteiger charge is 2.47. The number of phenols is 1. The van der Waals surface area contributed by atoms with Gasteiger partial charge in [-0.1, -0.05) is 11.6 Å². The minimum absolute atomic E-state index is 0.0384. The summed E-state index contributed by atoms with van der Waals surface area (Å²) in [5.41, 5.74) is 0.292. The van der Waals surface area contributed by atoms with Crippen molar-refractivity contribution in [2.24, 2.45) is 0 Å². The average Bonchev–Trinajstić information content (AvgIpc) is 2.42. The molecule has 0 saturated heterocycles. The number of benzene rings is 1. The quantitative estimate of drug-likeness (QED) is 0.803. The van der Waals surface area contributed by atoms with E-state index in [2.05, 4.69) is 0 Å². The molecule has 1 saturated carbocycles. The van der Waals surface area contributed by atoms with Gasteiger partial charge in [0.2, 0.25) is 0 Å². The highest BCUT2D eigenvalue weighted by atomic mass is 35.5. The molecular formula is C16H17ClO5. The molecule has 0 radical (unpaired) electrons. The molecule has 1 aliphatic carbocycles. The number of carbonyl (C=O) groups is 2. The first-order valence-electron chi connectivity index (χ1n) is 7.11. The van der Waals surface area contributed by atoms with Gasteiger partial charge in [-0.25, -0.2) is 4.79 Å². The number of rotatable bonds is 1. The number of halogens is 1. The molecule has 1 N–H and O–H groups in total. The molecule has 1 aromatic rings. The Labute approximate surface area is 133 Å². The summed E-state index contributed by atoms with van der Waals surface area (Å²) in [4.78, 5) is 23.9. The topological polar surface area (TPSA) is 72.8 Å². The Kier molecular flexibility index (Phi) is 3.36. The molecule has 2 atom stereocenters. The molecule has 0 amide bonds. The summed E-state index contributed by atoms with van der Waals surface area (Å²) in [6, 6.07) is 0. The van der Waals surface area contributed by atoms with E-state index in [1.165, 1.54) is 7.11 Å². The maximum atomic E-state index is 11.9. The van der Waals surface area contributed by atoms with Crippen molar-refractivity contribution in [3.63, 3.8) is 0 Å². The molecule has 1 aromatic carbocycles. The minimum atomic E-state index is -0.657. The van der Waals surface area contributed by atoms with Crippen molar-refractivity contribution < 1.29 is 24.2 Å². The molecule has 2 aliphatic rings. The SMILES string of the molecule is COC(=O)c1c(C)c(Cl)c2c(c1O)[C@@H]1CC(=O)C[C@@](C)(C1)O2. The smallest absolute Gasteiger partial charge is 0.341 e. The van der Waals surface area contributed by atoms with Gasteiger partial charge in [-0.05, 0) is 25.8 Å². The summed E-state index contributed by atoms with van der Waals surface area (Å²) in [7, 11) is 1.24. The van der Waals surface area contributed by atoms with Gasteiger partial charge >= 0.3 is 5.97 Å². The van der Waals surface area contributed by atoms with Gasteiger partial charge in [0.25, 0.3) is 0 Å². The summed E-state index contributed by atoms with van der Waals surface area (Å²) in [6.45, 7) is 3.51. The van der Waals surface area contributed by atoms with Gasteiger partial charge in [0.15, 0.2) is 0 Å². The summed E-state index contributed by atoms with van der Waals surface area (Å²) in [5, 5.41) is 10.9. The van der Waals surface area contributed by atoms with E-state index in [1.807, 2.05) is 6.92 Å².